The Kier molecular flexibility index (Phi) is 9.05. The largest absolute Gasteiger partial charge is 0.416 e. The molecule has 5 rings (SSSR count). The van der Waals surface area contributed by atoms with Crippen LogP contribution in [-0.4, -0.2) is 34.4 Å². The van der Waals surface area contributed by atoms with Crippen LogP contribution in [0.5, 0.6) is 0 Å². The Morgan fingerprint density at radius 2 is 1.65 bits per heavy atom. The van der Waals surface area contributed by atoms with Crippen molar-refractivity contribution in [3.63, 3.8) is 0 Å². The van der Waals surface area contributed by atoms with Crippen LogP contribution in [0.4, 0.5) is 28.9 Å². The zero-order chi connectivity index (χ0) is 30.7. The topological polar surface area (TPSA) is 81.7 Å². The zero-order valence-corrected chi connectivity index (χ0v) is 23.9. The number of halogens is 4. The second-order valence-corrected chi connectivity index (χ2v) is 11.4. The molecule has 6 nitrogen and oxygen atoms in total. The Morgan fingerprint density at radius 3 is 2.30 bits per heavy atom. The van der Waals surface area contributed by atoms with Gasteiger partial charge in [-0.3, -0.25) is 9.59 Å². The fraction of sp³-hybridized carbons (Fsp3) is 0.394. The molecule has 1 saturated heterocycles. The number of alkyl halides is 3. The summed E-state index contributed by atoms with van der Waals surface area (Å²) in [5.41, 5.74) is 0.578. The van der Waals surface area contributed by atoms with Crippen molar-refractivity contribution in [3.8, 4) is 0 Å². The maximum atomic E-state index is 14.9. The lowest BCUT2D eigenvalue weighted by molar-refractivity contribution is -0.138. The number of rotatable bonds is 7. The second-order valence-electron chi connectivity index (χ2n) is 11.4. The van der Waals surface area contributed by atoms with E-state index in [9.17, 15) is 32.3 Å². The first kappa shape index (κ1) is 30.5. The van der Waals surface area contributed by atoms with Crippen LogP contribution in [0.25, 0.3) is 0 Å². The molecule has 0 aromatic heterocycles. The predicted molar refractivity (Wildman–Crippen MR) is 156 cm³/mol. The number of benzene rings is 3. The Labute approximate surface area is 248 Å². The molecule has 3 aromatic rings. The molecule has 3 aromatic carbocycles. The SMILES string of the molecule is Cc1cccc(F)c1C(=O)N1CCC[C@H](C(=O)Nc2ccc(CO)c(C(F)(F)F)c2)[C@@H]1c1ccc(NC2CCCC2)cc1. The molecule has 0 bridgehead atoms. The number of aliphatic hydroxyl groups excluding tert-OH is 1. The van der Waals surface area contributed by atoms with Gasteiger partial charge in [0.15, 0.2) is 0 Å². The quantitative estimate of drug-likeness (QED) is 0.251. The first-order chi connectivity index (χ1) is 20.6. The first-order valence-corrected chi connectivity index (χ1v) is 14.6. The van der Waals surface area contributed by atoms with Gasteiger partial charge in [-0.2, -0.15) is 13.2 Å². The standard InChI is InChI=1S/C33H35F4N3O3/c1-20-6-4-10-28(34)29(20)32(43)40-17-5-9-26(30(40)21-11-14-24(15-12-21)38-23-7-2-3-8-23)31(42)39-25-16-13-22(19-41)27(18-25)33(35,36)37/h4,6,10-16,18,23,26,30,38,41H,2-3,5,7-9,17,19H2,1H3,(H,39,42)/t26-,30-/m0/s1. The van der Waals surface area contributed by atoms with E-state index in [-0.39, 0.29) is 23.4 Å². The second kappa shape index (κ2) is 12.8. The van der Waals surface area contributed by atoms with Crippen LogP contribution in [0.2, 0.25) is 0 Å². The van der Waals surface area contributed by atoms with Gasteiger partial charge in [0.2, 0.25) is 5.91 Å². The van der Waals surface area contributed by atoms with Gasteiger partial charge in [-0.25, -0.2) is 4.39 Å². The minimum atomic E-state index is -4.72. The number of hydrogen-bond donors (Lipinski definition) is 3. The van der Waals surface area contributed by atoms with Crippen LogP contribution in [0, 0.1) is 18.7 Å². The average Bonchev–Trinajstić information content (AvgIpc) is 3.49. The summed E-state index contributed by atoms with van der Waals surface area (Å²) in [5, 5.41) is 15.5. The number of anilines is 2. The molecular weight excluding hydrogens is 562 g/mol. The van der Waals surface area contributed by atoms with E-state index in [1.807, 2.05) is 24.3 Å². The van der Waals surface area contributed by atoms with Crippen LogP contribution in [0.3, 0.4) is 0 Å². The van der Waals surface area contributed by atoms with Gasteiger partial charge >= 0.3 is 6.18 Å². The molecule has 1 aliphatic heterocycles. The zero-order valence-electron chi connectivity index (χ0n) is 23.9. The van der Waals surface area contributed by atoms with Gasteiger partial charge in [-0.15, -0.1) is 0 Å². The summed E-state index contributed by atoms with van der Waals surface area (Å²) in [6.07, 6.45) is 0.633. The van der Waals surface area contributed by atoms with Crippen molar-refractivity contribution in [2.75, 3.05) is 17.2 Å². The normalized spacial score (nSPS) is 19.3. The monoisotopic (exact) mass is 597 g/mol. The minimum Gasteiger partial charge on any atom is -0.392 e. The molecule has 1 heterocycles. The van der Waals surface area contributed by atoms with Gasteiger partial charge in [0.25, 0.3) is 5.91 Å². The fourth-order valence-corrected chi connectivity index (χ4v) is 6.33. The highest BCUT2D eigenvalue weighted by molar-refractivity contribution is 5.98. The Balaban J connectivity index is 1.48. The van der Waals surface area contributed by atoms with E-state index < -0.39 is 47.9 Å². The van der Waals surface area contributed by atoms with E-state index in [4.69, 9.17) is 0 Å². The minimum absolute atomic E-state index is 0.0671. The summed E-state index contributed by atoms with van der Waals surface area (Å²) in [6.45, 7) is 1.13. The number of carbonyl (C=O) groups is 2. The molecular formula is C33H35F4N3O3. The van der Waals surface area contributed by atoms with Crippen LogP contribution < -0.4 is 10.6 Å². The first-order valence-electron chi connectivity index (χ1n) is 14.6. The van der Waals surface area contributed by atoms with Crippen molar-refractivity contribution in [1.82, 2.24) is 4.90 Å². The molecule has 2 fully saturated rings. The molecule has 2 atom stereocenters. The average molecular weight is 598 g/mol. The molecule has 228 valence electrons. The molecule has 10 heteroatoms. The maximum absolute atomic E-state index is 14.9. The van der Waals surface area contributed by atoms with Crippen molar-refractivity contribution in [2.45, 2.75) is 70.3 Å². The molecule has 2 amide bonds. The highest BCUT2D eigenvalue weighted by Gasteiger charge is 2.41. The maximum Gasteiger partial charge on any atom is 0.416 e. The van der Waals surface area contributed by atoms with E-state index in [1.165, 1.54) is 35.9 Å². The smallest absolute Gasteiger partial charge is 0.392 e. The van der Waals surface area contributed by atoms with Crippen LogP contribution >= 0.6 is 0 Å². The number of nitrogens with zero attached hydrogens (tertiary/aromatic N) is 1. The summed E-state index contributed by atoms with van der Waals surface area (Å²) in [5.74, 6) is -2.57. The molecule has 1 saturated carbocycles. The molecule has 1 aliphatic carbocycles. The highest BCUT2D eigenvalue weighted by Crippen LogP contribution is 2.40. The number of aliphatic hydroxyl groups is 1. The third-order valence-corrected chi connectivity index (χ3v) is 8.50. The molecule has 0 unspecified atom stereocenters. The van der Waals surface area contributed by atoms with E-state index in [1.54, 1.807) is 13.0 Å². The van der Waals surface area contributed by atoms with E-state index in [2.05, 4.69) is 10.6 Å². The third-order valence-electron chi connectivity index (χ3n) is 8.50. The van der Waals surface area contributed by atoms with E-state index in [0.717, 1.165) is 30.7 Å². The van der Waals surface area contributed by atoms with Crippen LogP contribution in [-0.2, 0) is 17.6 Å². The molecule has 0 spiro atoms. The van der Waals surface area contributed by atoms with Gasteiger partial charge in [-0.05, 0) is 79.6 Å². The Hall–Kier alpha value is -3.92. The molecule has 0 radical (unpaired) electrons. The van der Waals surface area contributed by atoms with E-state index >= 15 is 0 Å². The third kappa shape index (κ3) is 6.69. The summed E-state index contributed by atoms with van der Waals surface area (Å²) in [7, 11) is 0. The number of likely N-dealkylation sites (tertiary alicyclic amines) is 1. The highest BCUT2D eigenvalue weighted by atomic mass is 19.4. The van der Waals surface area contributed by atoms with E-state index in [0.29, 0.717) is 30.0 Å². The number of nitrogens with one attached hydrogen (secondary N) is 2. The van der Waals surface area contributed by atoms with Gasteiger partial charge in [0, 0.05) is 24.0 Å². The number of aryl methyl sites for hydroxylation is 1. The van der Waals surface area contributed by atoms with Crippen molar-refractivity contribution >= 4 is 23.2 Å². The Morgan fingerprint density at radius 1 is 0.953 bits per heavy atom. The molecule has 43 heavy (non-hydrogen) atoms. The Bertz CT molecular complexity index is 1450. The van der Waals surface area contributed by atoms with Crippen molar-refractivity contribution in [2.24, 2.45) is 5.92 Å². The van der Waals surface area contributed by atoms with Gasteiger partial charge in [0.05, 0.1) is 29.7 Å². The summed E-state index contributed by atoms with van der Waals surface area (Å²) in [4.78, 5) is 29.1. The summed E-state index contributed by atoms with van der Waals surface area (Å²) < 4.78 is 55.8. The number of amides is 2. The van der Waals surface area contributed by atoms with Crippen LogP contribution in [0.15, 0.2) is 60.7 Å². The lowest BCUT2D eigenvalue weighted by atomic mass is 9.83. The summed E-state index contributed by atoms with van der Waals surface area (Å²) >= 11 is 0. The lowest BCUT2D eigenvalue weighted by Crippen LogP contribution is -2.46. The van der Waals surface area contributed by atoms with Gasteiger partial charge in [-0.1, -0.05) is 43.2 Å². The lowest BCUT2D eigenvalue weighted by Gasteiger charge is -2.41. The predicted octanol–water partition coefficient (Wildman–Crippen LogP) is 7.23. The van der Waals surface area contributed by atoms with Crippen molar-refractivity contribution in [1.29, 1.82) is 0 Å². The number of piperidine rings is 1. The van der Waals surface area contributed by atoms with Crippen LogP contribution in [0.1, 0.15) is 77.2 Å². The van der Waals surface area contributed by atoms with Crippen molar-refractivity contribution in [3.05, 3.63) is 94.3 Å². The number of hydrogen-bond acceptors (Lipinski definition) is 4. The molecule has 2 aliphatic rings. The number of carbonyl (C=O) groups excluding carboxylic acids is 2. The van der Waals surface area contributed by atoms with Gasteiger partial charge < -0.3 is 20.6 Å². The fourth-order valence-electron chi connectivity index (χ4n) is 6.33. The summed E-state index contributed by atoms with van der Waals surface area (Å²) in [6, 6.07) is 14.7. The molecule has 3 N–H and O–H groups in total. The van der Waals surface area contributed by atoms with Gasteiger partial charge in [0.1, 0.15) is 5.82 Å². The van der Waals surface area contributed by atoms with Crippen molar-refractivity contribution < 1.29 is 32.3 Å².